The van der Waals surface area contributed by atoms with Gasteiger partial charge in [0.2, 0.25) is 0 Å². The van der Waals surface area contributed by atoms with Gasteiger partial charge in [-0.25, -0.2) is 0 Å². The van der Waals surface area contributed by atoms with Gasteiger partial charge in [0.15, 0.2) is 0 Å². The summed E-state index contributed by atoms with van der Waals surface area (Å²) in [5.74, 6) is 0. The summed E-state index contributed by atoms with van der Waals surface area (Å²) in [7, 11) is 0. The Bertz CT molecular complexity index is 488. The lowest BCUT2D eigenvalue weighted by atomic mass is 10.0. The zero-order valence-corrected chi connectivity index (χ0v) is 12.7. The van der Waals surface area contributed by atoms with Crippen molar-refractivity contribution in [1.29, 1.82) is 0 Å². The minimum absolute atomic E-state index is 0.0474. The molecule has 1 unspecified atom stereocenters. The summed E-state index contributed by atoms with van der Waals surface area (Å²) in [6.45, 7) is 2.09. The Labute approximate surface area is 116 Å². The molecule has 0 aliphatic heterocycles. The number of hydrogen-bond acceptors (Lipinski definition) is 2. The molecule has 2 aromatic rings. The number of benzene rings is 1. The maximum Gasteiger partial charge on any atom is 0.0843 e. The minimum atomic E-state index is -0.0474. The van der Waals surface area contributed by atoms with Crippen LogP contribution in [0.4, 0.5) is 0 Å². The maximum atomic E-state index is 6.27. The van der Waals surface area contributed by atoms with Gasteiger partial charge in [0, 0.05) is 9.35 Å². The molecule has 0 fully saturated rings. The van der Waals surface area contributed by atoms with Crippen LogP contribution in [0.2, 0.25) is 0 Å². The fourth-order valence-corrected chi connectivity index (χ4v) is 3.72. The highest BCUT2D eigenvalue weighted by Crippen LogP contribution is 2.37. The van der Waals surface area contributed by atoms with Gasteiger partial charge >= 0.3 is 0 Å². The van der Waals surface area contributed by atoms with E-state index >= 15 is 0 Å². The van der Waals surface area contributed by atoms with Crippen LogP contribution in [0.3, 0.4) is 0 Å². The lowest BCUT2D eigenvalue weighted by molar-refractivity contribution is 0.882. The predicted molar refractivity (Wildman–Crippen MR) is 76.9 cm³/mol. The molecule has 2 rings (SSSR count). The monoisotopic (exact) mass is 359 g/mol. The lowest BCUT2D eigenvalue weighted by Gasteiger charge is -2.12. The Kier molecular flexibility index (Phi) is 3.85. The predicted octanol–water partition coefficient (Wildman–Crippen LogP) is 4.63. The van der Waals surface area contributed by atoms with Crippen molar-refractivity contribution < 1.29 is 0 Å². The summed E-state index contributed by atoms with van der Waals surface area (Å²) in [6, 6.07) is 10.3. The van der Waals surface area contributed by atoms with Crippen molar-refractivity contribution >= 4 is 43.2 Å². The van der Waals surface area contributed by atoms with Crippen LogP contribution < -0.4 is 5.73 Å². The third-order valence-corrected chi connectivity index (χ3v) is 5.83. The number of aryl methyl sites for hydroxylation is 1. The Balaban J connectivity index is 2.39. The maximum absolute atomic E-state index is 6.27. The molecular formula is C12H11Br2NS. The molecular weight excluding hydrogens is 350 g/mol. The molecule has 0 bridgehead atoms. The van der Waals surface area contributed by atoms with E-state index in [-0.39, 0.29) is 6.04 Å². The first-order valence-electron chi connectivity index (χ1n) is 4.85. The normalized spacial score (nSPS) is 12.8. The molecule has 0 spiro atoms. The van der Waals surface area contributed by atoms with E-state index in [1.807, 2.05) is 12.1 Å². The van der Waals surface area contributed by atoms with E-state index in [1.54, 1.807) is 11.3 Å². The highest BCUT2D eigenvalue weighted by atomic mass is 79.9. The van der Waals surface area contributed by atoms with Gasteiger partial charge in [-0.1, -0.05) is 24.3 Å². The second-order valence-corrected chi connectivity index (χ2v) is 6.86. The van der Waals surface area contributed by atoms with E-state index in [1.165, 1.54) is 11.1 Å². The van der Waals surface area contributed by atoms with Crippen molar-refractivity contribution in [2.45, 2.75) is 13.0 Å². The summed E-state index contributed by atoms with van der Waals surface area (Å²) in [4.78, 5) is 1.16. The highest BCUT2D eigenvalue weighted by molar-refractivity contribution is 9.13. The molecule has 0 amide bonds. The summed E-state index contributed by atoms with van der Waals surface area (Å²) in [5, 5.41) is 0. The molecule has 0 saturated heterocycles. The van der Waals surface area contributed by atoms with Gasteiger partial charge in [-0.3, -0.25) is 0 Å². The van der Waals surface area contributed by atoms with E-state index in [2.05, 4.69) is 57.0 Å². The first kappa shape index (κ1) is 12.3. The van der Waals surface area contributed by atoms with Crippen LogP contribution in [0.25, 0.3) is 0 Å². The van der Waals surface area contributed by atoms with Crippen LogP contribution in [0.1, 0.15) is 22.0 Å². The van der Waals surface area contributed by atoms with Gasteiger partial charge in [-0.05, 0) is 56.0 Å². The van der Waals surface area contributed by atoms with Crippen LogP contribution in [-0.4, -0.2) is 0 Å². The number of nitrogens with two attached hydrogens (primary N) is 1. The standard InChI is InChI=1S/C12H11Br2NS/c1-7-4-2-3-5-8(7)11(15)10-6-9(13)12(14)16-10/h2-6,11H,15H2,1H3. The van der Waals surface area contributed by atoms with Crippen LogP contribution in [0.15, 0.2) is 38.6 Å². The first-order valence-corrected chi connectivity index (χ1v) is 7.25. The Hall–Kier alpha value is -0.160. The van der Waals surface area contributed by atoms with Crippen molar-refractivity contribution in [3.8, 4) is 0 Å². The molecule has 0 aliphatic rings. The SMILES string of the molecule is Cc1ccccc1C(N)c1cc(Br)c(Br)s1. The third-order valence-electron chi connectivity index (χ3n) is 2.49. The molecule has 1 aromatic carbocycles. The fraction of sp³-hybridized carbons (Fsp3) is 0.167. The van der Waals surface area contributed by atoms with Crippen molar-refractivity contribution in [2.75, 3.05) is 0 Å². The summed E-state index contributed by atoms with van der Waals surface area (Å²) in [5.41, 5.74) is 8.68. The average Bonchev–Trinajstić information content (AvgIpc) is 2.59. The largest absolute Gasteiger partial charge is 0.320 e. The summed E-state index contributed by atoms with van der Waals surface area (Å²) < 4.78 is 2.16. The summed E-state index contributed by atoms with van der Waals surface area (Å²) >= 11 is 8.65. The quantitative estimate of drug-likeness (QED) is 0.830. The zero-order chi connectivity index (χ0) is 11.7. The van der Waals surface area contributed by atoms with Gasteiger partial charge in [0.25, 0.3) is 0 Å². The van der Waals surface area contributed by atoms with Gasteiger partial charge in [-0.2, -0.15) is 0 Å². The van der Waals surface area contributed by atoms with Gasteiger partial charge in [0.05, 0.1) is 9.83 Å². The van der Waals surface area contributed by atoms with Crippen LogP contribution in [0.5, 0.6) is 0 Å². The highest BCUT2D eigenvalue weighted by Gasteiger charge is 2.14. The van der Waals surface area contributed by atoms with E-state index in [9.17, 15) is 0 Å². The first-order chi connectivity index (χ1) is 7.59. The number of rotatable bonds is 2. The third kappa shape index (κ3) is 2.40. The van der Waals surface area contributed by atoms with Crippen LogP contribution in [0, 0.1) is 6.92 Å². The molecule has 1 nitrogen and oxygen atoms in total. The Morgan fingerprint density at radius 1 is 1.25 bits per heavy atom. The second-order valence-electron chi connectivity index (χ2n) is 3.60. The molecule has 1 aromatic heterocycles. The molecule has 1 heterocycles. The van der Waals surface area contributed by atoms with E-state index in [4.69, 9.17) is 5.73 Å². The topological polar surface area (TPSA) is 26.0 Å². The van der Waals surface area contributed by atoms with Crippen molar-refractivity contribution in [3.05, 3.63) is 54.6 Å². The smallest absolute Gasteiger partial charge is 0.0843 e. The van der Waals surface area contributed by atoms with Crippen LogP contribution >= 0.6 is 43.2 Å². The molecule has 0 saturated carbocycles. The molecule has 0 aliphatic carbocycles. The molecule has 16 heavy (non-hydrogen) atoms. The van der Waals surface area contributed by atoms with Crippen molar-refractivity contribution in [3.63, 3.8) is 0 Å². The minimum Gasteiger partial charge on any atom is -0.320 e. The number of hydrogen-bond donors (Lipinski definition) is 1. The van der Waals surface area contributed by atoms with Crippen LogP contribution in [-0.2, 0) is 0 Å². The van der Waals surface area contributed by atoms with E-state index < -0.39 is 0 Å². The van der Waals surface area contributed by atoms with Gasteiger partial charge < -0.3 is 5.73 Å². The molecule has 1 atom stereocenters. The van der Waals surface area contributed by atoms with Crippen molar-refractivity contribution in [1.82, 2.24) is 0 Å². The molecule has 4 heteroatoms. The molecule has 2 N–H and O–H groups in total. The van der Waals surface area contributed by atoms with Gasteiger partial charge in [-0.15, -0.1) is 11.3 Å². The lowest BCUT2D eigenvalue weighted by Crippen LogP contribution is -2.11. The Morgan fingerprint density at radius 3 is 2.50 bits per heavy atom. The second kappa shape index (κ2) is 5.00. The Morgan fingerprint density at radius 2 is 1.94 bits per heavy atom. The average molecular weight is 361 g/mol. The fourth-order valence-electron chi connectivity index (χ4n) is 1.61. The molecule has 0 radical (unpaired) electrons. The van der Waals surface area contributed by atoms with Gasteiger partial charge in [0.1, 0.15) is 0 Å². The molecule has 84 valence electrons. The number of halogens is 2. The zero-order valence-electron chi connectivity index (χ0n) is 8.71. The van der Waals surface area contributed by atoms with E-state index in [0.29, 0.717) is 0 Å². The van der Waals surface area contributed by atoms with E-state index in [0.717, 1.165) is 13.1 Å². The number of thiophene rings is 1. The van der Waals surface area contributed by atoms with Crippen molar-refractivity contribution in [2.24, 2.45) is 5.73 Å². The summed E-state index contributed by atoms with van der Waals surface area (Å²) in [6.07, 6.45) is 0.